The number of halogens is 6. The normalized spacial score (nSPS) is 12.1. The predicted octanol–water partition coefficient (Wildman–Crippen LogP) is 3.14. The molecule has 0 saturated heterocycles. The van der Waals surface area contributed by atoms with E-state index in [1.807, 2.05) is 0 Å². The van der Waals surface area contributed by atoms with Gasteiger partial charge in [0.1, 0.15) is 5.69 Å². The zero-order valence-corrected chi connectivity index (χ0v) is 10.0. The first kappa shape index (κ1) is 16.8. The van der Waals surface area contributed by atoms with Crippen LogP contribution in [0.5, 0.6) is 5.88 Å². The van der Waals surface area contributed by atoms with Gasteiger partial charge in [-0.15, -0.1) is 0 Å². The summed E-state index contributed by atoms with van der Waals surface area (Å²) in [5, 5.41) is 8.69. The minimum atomic E-state index is -4.92. The van der Waals surface area contributed by atoms with Crippen LogP contribution >= 0.6 is 0 Å². The molecule has 0 spiro atoms. The largest absolute Gasteiger partial charge is 0.478 e. The van der Waals surface area contributed by atoms with Crippen LogP contribution in [0.2, 0.25) is 0 Å². The van der Waals surface area contributed by atoms with Crippen molar-refractivity contribution in [1.82, 2.24) is 4.98 Å². The van der Waals surface area contributed by atoms with Crippen LogP contribution in [0.25, 0.3) is 5.57 Å². The molecule has 0 aromatic carbocycles. The SMILES string of the molecule is C=C(C(=O)O)c1ccc(C(F)(F)F)nc1OCC(F)(F)F. The van der Waals surface area contributed by atoms with E-state index in [0.717, 1.165) is 0 Å². The van der Waals surface area contributed by atoms with Gasteiger partial charge in [-0.2, -0.15) is 26.3 Å². The Labute approximate surface area is 113 Å². The van der Waals surface area contributed by atoms with Gasteiger partial charge in [0.05, 0.1) is 11.1 Å². The van der Waals surface area contributed by atoms with Crippen molar-refractivity contribution >= 4 is 11.5 Å². The van der Waals surface area contributed by atoms with Gasteiger partial charge < -0.3 is 9.84 Å². The van der Waals surface area contributed by atoms with E-state index in [1.165, 1.54) is 0 Å². The Kier molecular flexibility index (Phi) is 4.49. The lowest BCUT2D eigenvalue weighted by Gasteiger charge is -2.14. The molecule has 0 aliphatic rings. The second-order valence-corrected chi connectivity index (χ2v) is 3.73. The van der Waals surface area contributed by atoms with Crippen molar-refractivity contribution in [3.05, 3.63) is 30.0 Å². The number of carboxylic acids is 1. The molecule has 10 heteroatoms. The third-order valence-electron chi connectivity index (χ3n) is 2.11. The van der Waals surface area contributed by atoms with Gasteiger partial charge in [0.2, 0.25) is 5.88 Å². The van der Waals surface area contributed by atoms with Crippen LogP contribution in [0.15, 0.2) is 18.7 Å². The number of carboxylic acid groups (broad SMARTS) is 1. The zero-order valence-electron chi connectivity index (χ0n) is 10.0. The van der Waals surface area contributed by atoms with Crippen molar-refractivity contribution < 1.29 is 41.0 Å². The molecule has 0 amide bonds. The molecule has 1 heterocycles. The average Bonchev–Trinajstić information content (AvgIpc) is 2.33. The molecule has 0 fully saturated rings. The van der Waals surface area contributed by atoms with Crippen LogP contribution in [0.1, 0.15) is 11.3 Å². The number of carbonyl (C=O) groups is 1. The van der Waals surface area contributed by atoms with Crippen molar-refractivity contribution in [2.24, 2.45) is 0 Å². The van der Waals surface area contributed by atoms with Crippen LogP contribution in [0.3, 0.4) is 0 Å². The van der Waals surface area contributed by atoms with Gasteiger partial charge in [0.25, 0.3) is 0 Å². The molecule has 1 rings (SSSR count). The summed E-state index contributed by atoms with van der Waals surface area (Å²) in [5.74, 6) is -2.73. The van der Waals surface area contributed by atoms with Gasteiger partial charge in [0.15, 0.2) is 6.61 Å². The molecule has 1 aromatic rings. The number of aromatic nitrogens is 1. The highest BCUT2D eigenvalue weighted by Gasteiger charge is 2.35. The van der Waals surface area contributed by atoms with Gasteiger partial charge in [0, 0.05) is 0 Å². The number of alkyl halides is 6. The maximum atomic E-state index is 12.5. The minimum absolute atomic E-state index is 0.421. The Morgan fingerprint density at radius 2 is 1.81 bits per heavy atom. The number of nitrogens with zero attached hydrogens (tertiary/aromatic N) is 1. The molecule has 0 unspecified atom stereocenters. The van der Waals surface area contributed by atoms with Crippen molar-refractivity contribution in [3.8, 4) is 5.88 Å². The lowest BCUT2D eigenvalue weighted by molar-refractivity contribution is -0.154. The Balaban J connectivity index is 3.25. The molecule has 21 heavy (non-hydrogen) atoms. The fraction of sp³-hybridized carbons (Fsp3) is 0.273. The second-order valence-electron chi connectivity index (χ2n) is 3.73. The predicted molar refractivity (Wildman–Crippen MR) is 57.5 cm³/mol. The van der Waals surface area contributed by atoms with Crippen LogP contribution in [-0.4, -0.2) is 28.8 Å². The average molecular weight is 315 g/mol. The highest BCUT2D eigenvalue weighted by Crippen LogP contribution is 2.32. The maximum absolute atomic E-state index is 12.5. The first-order valence-corrected chi connectivity index (χ1v) is 5.12. The van der Waals surface area contributed by atoms with Crippen molar-refractivity contribution in [1.29, 1.82) is 0 Å². The van der Waals surface area contributed by atoms with Gasteiger partial charge >= 0.3 is 18.3 Å². The summed E-state index contributed by atoms with van der Waals surface area (Å²) in [5.41, 5.74) is -2.82. The monoisotopic (exact) mass is 315 g/mol. The number of aliphatic carboxylic acids is 1. The fourth-order valence-electron chi connectivity index (χ4n) is 1.20. The Morgan fingerprint density at radius 1 is 1.24 bits per heavy atom. The third kappa shape index (κ3) is 4.65. The topological polar surface area (TPSA) is 59.4 Å². The van der Waals surface area contributed by atoms with Crippen LogP contribution in [0, 0.1) is 0 Å². The first-order chi connectivity index (χ1) is 9.42. The van der Waals surface area contributed by atoms with E-state index in [1.54, 1.807) is 0 Å². The Hall–Kier alpha value is -2.26. The Bertz CT molecular complexity index is 564. The van der Waals surface area contributed by atoms with E-state index in [0.29, 0.717) is 12.1 Å². The van der Waals surface area contributed by atoms with Crippen molar-refractivity contribution in [2.45, 2.75) is 12.4 Å². The van der Waals surface area contributed by atoms with E-state index < -0.39 is 47.6 Å². The molecular weight excluding hydrogens is 308 g/mol. The molecule has 0 aliphatic carbocycles. The number of hydrogen-bond donors (Lipinski definition) is 1. The summed E-state index contributed by atoms with van der Waals surface area (Å²) < 4.78 is 77.7. The smallest absolute Gasteiger partial charge is 0.433 e. The van der Waals surface area contributed by atoms with E-state index in [9.17, 15) is 31.1 Å². The van der Waals surface area contributed by atoms with Crippen LogP contribution in [0.4, 0.5) is 26.3 Å². The van der Waals surface area contributed by atoms with E-state index in [-0.39, 0.29) is 0 Å². The van der Waals surface area contributed by atoms with Gasteiger partial charge in [-0.25, -0.2) is 9.78 Å². The zero-order chi connectivity index (χ0) is 16.4. The highest BCUT2D eigenvalue weighted by molar-refractivity contribution is 6.15. The maximum Gasteiger partial charge on any atom is 0.433 e. The van der Waals surface area contributed by atoms with Crippen LogP contribution in [-0.2, 0) is 11.0 Å². The quantitative estimate of drug-likeness (QED) is 0.685. The van der Waals surface area contributed by atoms with Gasteiger partial charge in [-0.05, 0) is 12.1 Å². The van der Waals surface area contributed by atoms with Gasteiger partial charge in [-0.1, -0.05) is 6.58 Å². The first-order valence-electron chi connectivity index (χ1n) is 5.12. The molecule has 116 valence electrons. The minimum Gasteiger partial charge on any atom is -0.478 e. The summed E-state index contributed by atoms with van der Waals surface area (Å²) >= 11 is 0. The van der Waals surface area contributed by atoms with E-state index in [4.69, 9.17) is 5.11 Å². The van der Waals surface area contributed by atoms with Gasteiger partial charge in [-0.3, -0.25) is 0 Å². The number of rotatable bonds is 4. The van der Waals surface area contributed by atoms with Crippen LogP contribution < -0.4 is 4.74 Å². The molecular formula is C11H7F6NO3. The standard InChI is InChI=1S/C11H7F6NO3/c1-5(9(19)20)6-2-3-7(11(15,16)17)18-8(6)21-4-10(12,13)14/h2-3H,1,4H2,(H,19,20). The lowest BCUT2D eigenvalue weighted by Crippen LogP contribution is -2.21. The summed E-state index contributed by atoms with van der Waals surface area (Å²) in [6, 6.07) is 1.06. The molecule has 1 N–H and O–H groups in total. The summed E-state index contributed by atoms with van der Waals surface area (Å²) in [4.78, 5) is 13.6. The van der Waals surface area contributed by atoms with Crippen molar-refractivity contribution in [2.75, 3.05) is 6.61 Å². The molecule has 0 atom stereocenters. The molecule has 1 aromatic heterocycles. The van der Waals surface area contributed by atoms with E-state index >= 15 is 0 Å². The Morgan fingerprint density at radius 3 is 2.24 bits per heavy atom. The fourth-order valence-corrected chi connectivity index (χ4v) is 1.20. The third-order valence-corrected chi connectivity index (χ3v) is 2.11. The number of pyridine rings is 1. The number of ether oxygens (including phenoxy) is 1. The summed E-state index contributed by atoms with van der Waals surface area (Å²) in [6.45, 7) is 1.12. The number of hydrogen-bond acceptors (Lipinski definition) is 3. The second kappa shape index (κ2) is 5.62. The van der Waals surface area contributed by atoms with E-state index in [2.05, 4.69) is 16.3 Å². The molecule has 0 radical (unpaired) electrons. The van der Waals surface area contributed by atoms with Crippen molar-refractivity contribution in [3.63, 3.8) is 0 Å². The molecule has 4 nitrogen and oxygen atoms in total. The molecule has 0 bridgehead atoms. The summed E-state index contributed by atoms with van der Waals surface area (Å²) in [6.07, 6.45) is -9.74. The highest BCUT2D eigenvalue weighted by atomic mass is 19.4. The summed E-state index contributed by atoms with van der Waals surface area (Å²) in [7, 11) is 0. The lowest BCUT2D eigenvalue weighted by atomic mass is 10.1. The molecule has 0 aliphatic heterocycles. The molecule has 0 saturated carbocycles.